The predicted molar refractivity (Wildman–Crippen MR) is 64.9 cm³/mol. The second-order valence-corrected chi connectivity index (χ2v) is 2.24. The van der Waals surface area contributed by atoms with Crippen molar-refractivity contribution in [2.75, 3.05) is 7.11 Å². The molecule has 0 amide bonds. The zero-order valence-corrected chi connectivity index (χ0v) is 10.4. The van der Waals surface area contributed by atoms with Gasteiger partial charge in [-0.1, -0.05) is 58.0 Å². The maximum atomic E-state index is 10.8. The maximum absolute atomic E-state index is 10.8. The molecule has 0 saturated heterocycles. The summed E-state index contributed by atoms with van der Waals surface area (Å²) in [7, 11) is 1.39. The van der Waals surface area contributed by atoms with Crippen LogP contribution >= 0.6 is 0 Å². The summed E-state index contributed by atoms with van der Waals surface area (Å²) in [6.45, 7) is 8.00. The summed E-state index contributed by atoms with van der Waals surface area (Å²) in [5.41, 5.74) is 0.986. The number of rotatable bonds is 2. The van der Waals surface area contributed by atoms with E-state index in [2.05, 4.69) is 4.74 Å². The average Bonchev–Trinajstić information content (AvgIpc) is 2.35. The van der Waals surface area contributed by atoms with Crippen LogP contribution in [0.3, 0.4) is 0 Å². The molecule has 0 atom stereocenters. The van der Waals surface area contributed by atoms with E-state index in [4.69, 9.17) is 0 Å². The molecule has 0 N–H and O–H groups in total. The lowest BCUT2D eigenvalue weighted by atomic mass is 10.2. The zero-order chi connectivity index (χ0) is 12.1. The summed E-state index contributed by atoms with van der Waals surface area (Å²) in [4.78, 5) is 10.8. The van der Waals surface area contributed by atoms with E-state index in [1.807, 2.05) is 58.0 Å². The third-order valence-electron chi connectivity index (χ3n) is 1.42. The highest BCUT2D eigenvalue weighted by atomic mass is 16.5. The summed E-state index contributed by atoms with van der Waals surface area (Å²) in [6.07, 6.45) is 0.358. The zero-order valence-electron chi connectivity index (χ0n) is 10.4. The normalized spacial score (nSPS) is 7.53. The van der Waals surface area contributed by atoms with Gasteiger partial charge in [-0.2, -0.15) is 0 Å². The molecule has 86 valence electrons. The van der Waals surface area contributed by atoms with Crippen molar-refractivity contribution in [1.82, 2.24) is 0 Å². The van der Waals surface area contributed by atoms with E-state index in [0.717, 1.165) is 5.56 Å². The van der Waals surface area contributed by atoms with E-state index in [9.17, 15) is 4.79 Å². The molecule has 0 aliphatic heterocycles. The van der Waals surface area contributed by atoms with Gasteiger partial charge in [0.1, 0.15) is 0 Å². The third-order valence-corrected chi connectivity index (χ3v) is 1.42. The van der Waals surface area contributed by atoms with Crippen LogP contribution in [0.1, 0.15) is 33.3 Å². The van der Waals surface area contributed by atoms with Gasteiger partial charge >= 0.3 is 5.97 Å². The molecule has 0 radical (unpaired) electrons. The fourth-order valence-electron chi connectivity index (χ4n) is 0.835. The Morgan fingerprint density at radius 3 is 1.93 bits per heavy atom. The van der Waals surface area contributed by atoms with Gasteiger partial charge in [0.05, 0.1) is 13.5 Å². The first-order valence-corrected chi connectivity index (χ1v) is 5.43. The van der Waals surface area contributed by atoms with Gasteiger partial charge < -0.3 is 4.74 Å². The van der Waals surface area contributed by atoms with Crippen LogP contribution in [0.25, 0.3) is 0 Å². The molecule has 0 fully saturated rings. The van der Waals surface area contributed by atoms with Gasteiger partial charge in [-0.25, -0.2) is 0 Å². The van der Waals surface area contributed by atoms with Gasteiger partial charge in [-0.3, -0.25) is 4.79 Å². The number of ether oxygens (including phenoxy) is 1. The Bertz CT molecular complexity index is 230. The Balaban J connectivity index is 0. The van der Waals surface area contributed by atoms with Crippen molar-refractivity contribution in [3.8, 4) is 0 Å². The fourth-order valence-corrected chi connectivity index (χ4v) is 0.835. The summed E-state index contributed by atoms with van der Waals surface area (Å²) in [5.74, 6) is -0.198. The molecule has 0 aliphatic carbocycles. The molecule has 0 saturated carbocycles. The molecule has 2 nitrogen and oxygen atoms in total. The minimum absolute atomic E-state index is 0.198. The van der Waals surface area contributed by atoms with Crippen molar-refractivity contribution in [2.24, 2.45) is 0 Å². The molecule has 0 aromatic heterocycles. The molecular weight excluding hydrogens is 188 g/mol. The summed E-state index contributed by atoms with van der Waals surface area (Å²) >= 11 is 0. The van der Waals surface area contributed by atoms with E-state index >= 15 is 0 Å². The van der Waals surface area contributed by atoms with Crippen LogP contribution in [-0.2, 0) is 16.0 Å². The number of benzene rings is 1. The monoisotopic (exact) mass is 210 g/mol. The minimum atomic E-state index is -0.198. The molecule has 0 aliphatic rings. The first kappa shape index (κ1) is 16.1. The number of hydrogen-bond acceptors (Lipinski definition) is 2. The van der Waals surface area contributed by atoms with Crippen molar-refractivity contribution >= 4 is 5.97 Å². The van der Waals surface area contributed by atoms with Gasteiger partial charge in [0.25, 0.3) is 0 Å². The quantitative estimate of drug-likeness (QED) is 0.699. The van der Waals surface area contributed by atoms with Crippen molar-refractivity contribution in [3.63, 3.8) is 0 Å². The molecule has 0 heterocycles. The highest BCUT2D eigenvalue weighted by Gasteiger charge is 1.99. The minimum Gasteiger partial charge on any atom is -0.469 e. The van der Waals surface area contributed by atoms with Crippen LogP contribution in [0.4, 0.5) is 0 Å². The van der Waals surface area contributed by atoms with Gasteiger partial charge in [0.2, 0.25) is 0 Å². The summed E-state index contributed by atoms with van der Waals surface area (Å²) < 4.78 is 4.52. The van der Waals surface area contributed by atoms with Crippen LogP contribution in [0.15, 0.2) is 30.3 Å². The third kappa shape index (κ3) is 9.01. The highest BCUT2D eigenvalue weighted by Crippen LogP contribution is 1.99. The number of esters is 1. The smallest absolute Gasteiger partial charge is 0.309 e. The number of hydrogen-bond donors (Lipinski definition) is 0. The second kappa shape index (κ2) is 12.7. The van der Waals surface area contributed by atoms with E-state index in [1.54, 1.807) is 0 Å². The fraction of sp³-hybridized carbons (Fsp3) is 0.462. The van der Waals surface area contributed by atoms with Crippen LogP contribution in [-0.4, -0.2) is 13.1 Å². The van der Waals surface area contributed by atoms with Crippen molar-refractivity contribution < 1.29 is 9.53 Å². The molecule has 15 heavy (non-hydrogen) atoms. The lowest BCUT2D eigenvalue weighted by Gasteiger charge is -1.97. The van der Waals surface area contributed by atoms with Gasteiger partial charge in [-0.05, 0) is 5.56 Å². The lowest BCUT2D eigenvalue weighted by Crippen LogP contribution is -2.03. The number of methoxy groups -OCH3 is 1. The Morgan fingerprint density at radius 2 is 1.53 bits per heavy atom. The lowest BCUT2D eigenvalue weighted by molar-refractivity contribution is -0.139. The van der Waals surface area contributed by atoms with Crippen LogP contribution in [0, 0.1) is 0 Å². The Labute approximate surface area is 93.3 Å². The van der Waals surface area contributed by atoms with Gasteiger partial charge in [0.15, 0.2) is 0 Å². The van der Waals surface area contributed by atoms with E-state index in [1.165, 1.54) is 7.11 Å². The number of carbonyl (C=O) groups is 1. The molecule has 1 rings (SSSR count). The first-order chi connectivity index (χ1) is 7.33. The van der Waals surface area contributed by atoms with Crippen molar-refractivity contribution in [1.29, 1.82) is 0 Å². The van der Waals surface area contributed by atoms with Crippen LogP contribution in [0.5, 0.6) is 0 Å². The van der Waals surface area contributed by atoms with Crippen molar-refractivity contribution in [3.05, 3.63) is 35.9 Å². The van der Waals surface area contributed by atoms with Crippen LogP contribution < -0.4 is 0 Å². The second-order valence-electron chi connectivity index (χ2n) is 2.24. The Kier molecular flexibility index (Phi) is 13.6. The first-order valence-electron chi connectivity index (χ1n) is 5.43. The number of carbonyl (C=O) groups excluding carboxylic acids is 1. The Morgan fingerprint density at radius 1 is 1.07 bits per heavy atom. The largest absolute Gasteiger partial charge is 0.469 e. The molecule has 0 bridgehead atoms. The summed E-state index contributed by atoms with van der Waals surface area (Å²) in [5, 5.41) is 0. The topological polar surface area (TPSA) is 26.3 Å². The maximum Gasteiger partial charge on any atom is 0.309 e. The SMILES string of the molecule is CC.CC.COC(=O)Cc1ccccc1. The molecule has 0 spiro atoms. The molecule has 1 aromatic rings. The van der Waals surface area contributed by atoms with E-state index < -0.39 is 0 Å². The van der Waals surface area contributed by atoms with Gasteiger partial charge in [-0.15, -0.1) is 0 Å². The molecule has 2 heteroatoms. The molecular formula is C13H22O2. The predicted octanol–water partition coefficient (Wildman–Crippen LogP) is 3.45. The summed E-state index contributed by atoms with van der Waals surface area (Å²) in [6, 6.07) is 9.52. The standard InChI is InChI=1S/C9H10O2.2C2H6/c1-11-9(10)7-8-5-3-2-4-6-8;2*1-2/h2-6H,7H2,1H3;2*1-2H3. The molecule has 0 unspecified atom stereocenters. The van der Waals surface area contributed by atoms with E-state index in [0.29, 0.717) is 6.42 Å². The van der Waals surface area contributed by atoms with Gasteiger partial charge in [0, 0.05) is 0 Å². The van der Waals surface area contributed by atoms with E-state index in [-0.39, 0.29) is 5.97 Å². The van der Waals surface area contributed by atoms with Crippen LogP contribution in [0.2, 0.25) is 0 Å². The highest BCUT2D eigenvalue weighted by molar-refractivity contribution is 5.72. The molecule has 1 aromatic carbocycles. The average molecular weight is 210 g/mol. The van der Waals surface area contributed by atoms with Crippen molar-refractivity contribution in [2.45, 2.75) is 34.1 Å². The Hall–Kier alpha value is -1.31.